The van der Waals surface area contributed by atoms with E-state index in [1.807, 2.05) is 13.8 Å². The van der Waals surface area contributed by atoms with E-state index in [0.29, 0.717) is 12.0 Å². The molecule has 1 aromatic rings. The van der Waals surface area contributed by atoms with Crippen LogP contribution in [-0.4, -0.2) is 35.5 Å². The van der Waals surface area contributed by atoms with Crippen LogP contribution in [0.25, 0.3) is 0 Å². The normalized spacial score (nSPS) is 20.5. The third kappa shape index (κ3) is 3.39. The SMILES string of the molecule is COC(=O)c1cc(F)ccc1CN1C(=O)NC(C)(CC(C)C)C1=O. The number of hydrogen-bond acceptors (Lipinski definition) is 4. The predicted molar refractivity (Wildman–Crippen MR) is 84.7 cm³/mol. The highest BCUT2D eigenvalue weighted by Crippen LogP contribution is 2.27. The fourth-order valence-corrected chi connectivity index (χ4v) is 3.00. The van der Waals surface area contributed by atoms with Gasteiger partial charge in [0.1, 0.15) is 11.4 Å². The lowest BCUT2D eigenvalue weighted by atomic mass is 9.91. The number of esters is 1. The van der Waals surface area contributed by atoms with E-state index in [9.17, 15) is 18.8 Å². The zero-order chi connectivity index (χ0) is 18.1. The molecule has 1 atom stereocenters. The Morgan fingerprint density at radius 1 is 1.38 bits per heavy atom. The van der Waals surface area contributed by atoms with Crippen LogP contribution >= 0.6 is 0 Å². The molecule has 24 heavy (non-hydrogen) atoms. The van der Waals surface area contributed by atoms with Crippen molar-refractivity contribution in [2.75, 3.05) is 7.11 Å². The molecule has 130 valence electrons. The number of methoxy groups -OCH3 is 1. The third-order valence-corrected chi connectivity index (χ3v) is 3.97. The minimum absolute atomic E-state index is 0.00411. The number of nitrogens with one attached hydrogen (secondary N) is 1. The van der Waals surface area contributed by atoms with Crippen molar-refractivity contribution < 1.29 is 23.5 Å². The molecule has 1 unspecified atom stereocenters. The van der Waals surface area contributed by atoms with Crippen molar-refractivity contribution in [3.05, 3.63) is 35.1 Å². The maximum Gasteiger partial charge on any atom is 0.338 e. The summed E-state index contributed by atoms with van der Waals surface area (Å²) in [5.74, 6) is -1.46. The average molecular weight is 336 g/mol. The smallest absolute Gasteiger partial charge is 0.338 e. The summed E-state index contributed by atoms with van der Waals surface area (Å²) in [6.45, 7) is 5.48. The Morgan fingerprint density at radius 3 is 2.62 bits per heavy atom. The molecule has 0 aliphatic carbocycles. The van der Waals surface area contributed by atoms with Crippen molar-refractivity contribution in [3.8, 4) is 0 Å². The van der Waals surface area contributed by atoms with Crippen molar-refractivity contribution >= 4 is 17.9 Å². The van der Waals surface area contributed by atoms with Gasteiger partial charge in [-0.15, -0.1) is 0 Å². The van der Waals surface area contributed by atoms with Crippen LogP contribution in [0.5, 0.6) is 0 Å². The van der Waals surface area contributed by atoms with Crippen LogP contribution in [0, 0.1) is 11.7 Å². The Hall–Kier alpha value is -2.44. The molecule has 3 amide bonds. The molecule has 2 rings (SSSR count). The van der Waals surface area contributed by atoms with Crippen LogP contribution in [0.15, 0.2) is 18.2 Å². The Bertz CT molecular complexity index is 689. The molecule has 1 fully saturated rings. The first-order valence-corrected chi connectivity index (χ1v) is 7.69. The van der Waals surface area contributed by atoms with Gasteiger partial charge in [0.05, 0.1) is 19.2 Å². The Morgan fingerprint density at radius 2 is 2.04 bits per heavy atom. The number of carbonyl (C=O) groups excluding carboxylic acids is 3. The minimum Gasteiger partial charge on any atom is -0.465 e. The predicted octanol–water partition coefficient (Wildman–Crippen LogP) is 2.47. The fraction of sp³-hybridized carbons (Fsp3) is 0.471. The highest BCUT2D eigenvalue weighted by atomic mass is 19.1. The number of rotatable bonds is 5. The van der Waals surface area contributed by atoms with E-state index in [4.69, 9.17) is 0 Å². The van der Waals surface area contributed by atoms with Gasteiger partial charge in [0.2, 0.25) is 0 Å². The second-order valence-corrected chi connectivity index (χ2v) is 6.54. The van der Waals surface area contributed by atoms with E-state index in [1.165, 1.54) is 19.2 Å². The van der Waals surface area contributed by atoms with Gasteiger partial charge in [0.25, 0.3) is 5.91 Å². The standard InChI is InChI=1S/C17H21FN2O4/c1-10(2)8-17(3)15(22)20(16(23)19-17)9-11-5-6-12(18)7-13(11)14(21)24-4/h5-7,10H,8-9H2,1-4H3,(H,19,23). The first-order valence-electron chi connectivity index (χ1n) is 7.69. The Balaban J connectivity index is 2.30. The van der Waals surface area contributed by atoms with Crippen LogP contribution in [-0.2, 0) is 16.1 Å². The van der Waals surface area contributed by atoms with Gasteiger partial charge in [-0.1, -0.05) is 19.9 Å². The summed E-state index contributed by atoms with van der Waals surface area (Å²) in [6.07, 6.45) is 0.501. The quantitative estimate of drug-likeness (QED) is 0.662. The largest absolute Gasteiger partial charge is 0.465 e. The van der Waals surface area contributed by atoms with Crippen LogP contribution < -0.4 is 5.32 Å². The lowest BCUT2D eigenvalue weighted by molar-refractivity contribution is -0.131. The average Bonchev–Trinajstić information content (AvgIpc) is 2.70. The summed E-state index contributed by atoms with van der Waals surface area (Å²) in [5.41, 5.74) is -0.632. The summed E-state index contributed by atoms with van der Waals surface area (Å²) in [4.78, 5) is 37.7. The number of halogens is 1. The molecule has 7 heteroatoms. The van der Waals surface area contributed by atoms with Gasteiger partial charge in [0, 0.05) is 0 Å². The molecule has 1 aliphatic rings. The molecule has 0 spiro atoms. The second-order valence-electron chi connectivity index (χ2n) is 6.54. The molecule has 1 aromatic carbocycles. The summed E-state index contributed by atoms with van der Waals surface area (Å²) in [5, 5.41) is 2.70. The van der Waals surface area contributed by atoms with Crippen molar-refractivity contribution in [2.24, 2.45) is 5.92 Å². The lowest BCUT2D eigenvalue weighted by Gasteiger charge is -2.23. The Kier molecular flexibility index (Phi) is 4.91. The van der Waals surface area contributed by atoms with E-state index in [0.717, 1.165) is 11.0 Å². The molecular formula is C17H21FN2O4. The zero-order valence-corrected chi connectivity index (χ0v) is 14.2. The van der Waals surface area contributed by atoms with E-state index in [-0.39, 0.29) is 23.9 Å². The van der Waals surface area contributed by atoms with Crippen molar-refractivity contribution in [3.63, 3.8) is 0 Å². The molecular weight excluding hydrogens is 315 g/mol. The van der Waals surface area contributed by atoms with E-state index >= 15 is 0 Å². The number of nitrogens with zero attached hydrogens (tertiary/aromatic N) is 1. The van der Waals surface area contributed by atoms with Gasteiger partial charge in [-0.25, -0.2) is 14.0 Å². The molecule has 0 bridgehead atoms. The summed E-state index contributed by atoms with van der Waals surface area (Å²) >= 11 is 0. The first kappa shape index (κ1) is 17.9. The molecule has 1 saturated heterocycles. The maximum atomic E-state index is 13.4. The lowest BCUT2D eigenvalue weighted by Crippen LogP contribution is -2.44. The van der Waals surface area contributed by atoms with E-state index in [2.05, 4.69) is 10.1 Å². The van der Waals surface area contributed by atoms with Gasteiger partial charge in [-0.3, -0.25) is 9.69 Å². The van der Waals surface area contributed by atoms with Gasteiger partial charge < -0.3 is 10.1 Å². The minimum atomic E-state index is -0.975. The van der Waals surface area contributed by atoms with Crippen LogP contribution in [0.2, 0.25) is 0 Å². The number of ether oxygens (including phenoxy) is 1. The first-order chi connectivity index (χ1) is 11.2. The second kappa shape index (κ2) is 6.59. The highest BCUT2D eigenvalue weighted by Gasteiger charge is 2.47. The number of imide groups is 1. The number of amides is 3. The van der Waals surface area contributed by atoms with Crippen LogP contribution in [0.3, 0.4) is 0 Å². The third-order valence-electron chi connectivity index (χ3n) is 3.97. The van der Waals surface area contributed by atoms with E-state index < -0.39 is 23.4 Å². The molecule has 6 nitrogen and oxygen atoms in total. The van der Waals surface area contributed by atoms with Gasteiger partial charge in [-0.2, -0.15) is 0 Å². The molecule has 1 heterocycles. The molecule has 0 saturated carbocycles. The molecule has 1 N–H and O–H groups in total. The van der Waals surface area contributed by atoms with Gasteiger partial charge in [0.15, 0.2) is 0 Å². The van der Waals surface area contributed by atoms with Gasteiger partial charge >= 0.3 is 12.0 Å². The highest BCUT2D eigenvalue weighted by molar-refractivity contribution is 6.06. The summed E-state index contributed by atoms with van der Waals surface area (Å²) < 4.78 is 18.0. The van der Waals surface area contributed by atoms with E-state index in [1.54, 1.807) is 6.92 Å². The van der Waals surface area contributed by atoms with Crippen molar-refractivity contribution in [1.82, 2.24) is 10.2 Å². The van der Waals surface area contributed by atoms with Gasteiger partial charge in [-0.05, 0) is 37.0 Å². The van der Waals surface area contributed by atoms with Crippen LogP contribution in [0.4, 0.5) is 9.18 Å². The van der Waals surface area contributed by atoms with Crippen molar-refractivity contribution in [2.45, 2.75) is 39.3 Å². The number of hydrogen-bond donors (Lipinski definition) is 1. The topological polar surface area (TPSA) is 75.7 Å². The fourth-order valence-electron chi connectivity index (χ4n) is 3.00. The monoisotopic (exact) mass is 336 g/mol. The summed E-state index contributed by atoms with van der Waals surface area (Å²) in [6, 6.07) is 3.06. The molecule has 0 radical (unpaired) electrons. The maximum absolute atomic E-state index is 13.4. The number of urea groups is 1. The zero-order valence-electron chi connectivity index (χ0n) is 14.2. The number of benzene rings is 1. The van der Waals surface area contributed by atoms with Crippen molar-refractivity contribution in [1.29, 1.82) is 0 Å². The summed E-state index contributed by atoms with van der Waals surface area (Å²) in [7, 11) is 1.18. The number of carbonyl (C=O) groups is 3. The molecule has 1 aliphatic heterocycles. The Labute approximate surface area is 140 Å². The van der Waals surface area contributed by atoms with Crippen LogP contribution in [0.1, 0.15) is 43.1 Å². The molecule has 0 aromatic heterocycles.